The Morgan fingerprint density at radius 3 is 1.05 bits per heavy atom. The Morgan fingerprint density at radius 1 is 0.397 bits per heavy atom. The average Bonchev–Trinajstić information content (AvgIpc) is 3.29. The molecule has 4 heteroatoms. The van der Waals surface area contributed by atoms with Gasteiger partial charge in [-0.15, -0.1) is 0 Å². The number of aliphatic hydroxyl groups excluding tert-OH is 2. The molecule has 0 radical (unpaired) electrons. The van der Waals surface area contributed by atoms with E-state index >= 15 is 0 Å². The van der Waals surface area contributed by atoms with E-state index in [4.69, 9.17) is 0 Å². The Labute approximate surface area is 392 Å². The lowest BCUT2D eigenvalue weighted by molar-refractivity contribution is -0.123. The van der Waals surface area contributed by atoms with E-state index in [0.717, 1.165) is 64.2 Å². The minimum absolute atomic E-state index is 0.0673. The van der Waals surface area contributed by atoms with Crippen molar-refractivity contribution in [2.24, 2.45) is 0 Å². The fourth-order valence-electron chi connectivity index (χ4n) is 8.01. The standard InChI is InChI=1S/C59H105NO3/c1-3-5-7-9-11-13-15-17-19-21-23-25-26-27-28-29-30-31-32-33-34-35-37-39-41-43-45-47-49-51-53-55-59(63)60-57(56-61)58(62)54-52-50-48-46-44-42-40-38-36-24-22-20-18-16-14-12-10-8-6-4-2/h5,7,11,13,17,19,23,25,27-28,30-31,52,54,57-58,61-62H,3-4,6,8-10,12,14-16,18,20-22,24,26,29,32-51,53,55-56H2,1-2H3,(H,60,63)/b7-5-,13-11-,19-17-,25-23-,28-27-,31-30-,54-52+. The highest BCUT2D eigenvalue weighted by molar-refractivity contribution is 5.76. The van der Waals surface area contributed by atoms with Crippen molar-refractivity contribution in [1.82, 2.24) is 5.32 Å². The highest BCUT2D eigenvalue weighted by Gasteiger charge is 2.18. The Balaban J connectivity index is 3.55. The van der Waals surface area contributed by atoms with Gasteiger partial charge in [0.05, 0.1) is 18.8 Å². The summed E-state index contributed by atoms with van der Waals surface area (Å²) in [6.07, 6.45) is 78.7. The van der Waals surface area contributed by atoms with Crippen LogP contribution in [0.15, 0.2) is 85.1 Å². The second kappa shape index (κ2) is 53.9. The van der Waals surface area contributed by atoms with Gasteiger partial charge in [-0.3, -0.25) is 4.79 Å². The van der Waals surface area contributed by atoms with E-state index in [-0.39, 0.29) is 12.5 Å². The van der Waals surface area contributed by atoms with Crippen LogP contribution >= 0.6 is 0 Å². The number of hydrogen-bond donors (Lipinski definition) is 3. The van der Waals surface area contributed by atoms with Crippen molar-refractivity contribution in [1.29, 1.82) is 0 Å². The molecule has 0 saturated heterocycles. The predicted octanol–water partition coefficient (Wildman–Crippen LogP) is 18.0. The molecule has 2 atom stereocenters. The van der Waals surface area contributed by atoms with Gasteiger partial charge in [0.15, 0.2) is 0 Å². The molecule has 0 fully saturated rings. The van der Waals surface area contributed by atoms with Gasteiger partial charge < -0.3 is 15.5 Å². The number of amides is 1. The topological polar surface area (TPSA) is 69.6 Å². The van der Waals surface area contributed by atoms with Crippen LogP contribution in [0.2, 0.25) is 0 Å². The molecule has 0 heterocycles. The van der Waals surface area contributed by atoms with Gasteiger partial charge in [-0.2, -0.15) is 0 Å². The molecule has 0 spiro atoms. The molecular weight excluding hydrogens is 771 g/mol. The normalized spacial score (nSPS) is 13.5. The quantitative estimate of drug-likeness (QED) is 0.0421. The van der Waals surface area contributed by atoms with E-state index in [1.54, 1.807) is 6.08 Å². The Hall–Kier alpha value is -2.43. The lowest BCUT2D eigenvalue weighted by Crippen LogP contribution is -2.45. The van der Waals surface area contributed by atoms with Crippen LogP contribution in [0, 0.1) is 0 Å². The third kappa shape index (κ3) is 50.4. The predicted molar refractivity (Wildman–Crippen MR) is 280 cm³/mol. The summed E-state index contributed by atoms with van der Waals surface area (Å²) in [5.41, 5.74) is 0. The molecule has 4 nitrogen and oxygen atoms in total. The lowest BCUT2D eigenvalue weighted by Gasteiger charge is -2.20. The van der Waals surface area contributed by atoms with Gasteiger partial charge in [0.1, 0.15) is 0 Å². The summed E-state index contributed by atoms with van der Waals surface area (Å²) in [4.78, 5) is 12.5. The molecule has 2 unspecified atom stereocenters. The number of rotatable bonds is 49. The molecule has 0 bridgehead atoms. The maximum Gasteiger partial charge on any atom is 0.220 e. The number of nitrogens with one attached hydrogen (secondary N) is 1. The summed E-state index contributed by atoms with van der Waals surface area (Å²) in [6, 6.07) is -0.628. The van der Waals surface area contributed by atoms with Crippen molar-refractivity contribution < 1.29 is 15.0 Å². The van der Waals surface area contributed by atoms with Gasteiger partial charge >= 0.3 is 0 Å². The molecule has 0 aromatic rings. The minimum atomic E-state index is -0.845. The summed E-state index contributed by atoms with van der Waals surface area (Å²) >= 11 is 0. The maximum atomic E-state index is 12.5. The summed E-state index contributed by atoms with van der Waals surface area (Å²) in [6.45, 7) is 4.21. The fraction of sp³-hybridized carbons (Fsp3) is 0.746. The smallest absolute Gasteiger partial charge is 0.220 e. The van der Waals surface area contributed by atoms with E-state index < -0.39 is 12.1 Å². The first kappa shape index (κ1) is 60.6. The van der Waals surface area contributed by atoms with Crippen molar-refractivity contribution in [3.63, 3.8) is 0 Å². The molecule has 0 aliphatic rings. The molecule has 0 aromatic heterocycles. The van der Waals surface area contributed by atoms with E-state index in [9.17, 15) is 15.0 Å². The van der Waals surface area contributed by atoms with Crippen molar-refractivity contribution in [2.45, 2.75) is 276 Å². The molecule has 0 rings (SSSR count). The van der Waals surface area contributed by atoms with E-state index in [2.05, 4.69) is 92.1 Å². The Kier molecular flexibility index (Phi) is 51.8. The highest BCUT2D eigenvalue weighted by Crippen LogP contribution is 2.16. The third-order valence-corrected chi connectivity index (χ3v) is 12.1. The SMILES string of the molecule is CC/C=C\C/C=C\C/C=C\C/C=C\C/C=C\C/C=C\CCCCCCCCCCCCCCC(=O)NC(CO)C(O)/C=C/CCCCCCCCCCCCCCCCCCCC. The summed E-state index contributed by atoms with van der Waals surface area (Å²) < 4.78 is 0. The maximum absolute atomic E-state index is 12.5. The van der Waals surface area contributed by atoms with Gasteiger partial charge in [0.2, 0.25) is 5.91 Å². The highest BCUT2D eigenvalue weighted by atomic mass is 16.3. The largest absolute Gasteiger partial charge is 0.394 e. The zero-order valence-corrected chi connectivity index (χ0v) is 41.8. The zero-order valence-electron chi connectivity index (χ0n) is 41.8. The second-order valence-electron chi connectivity index (χ2n) is 18.3. The van der Waals surface area contributed by atoms with Crippen LogP contribution in [0.25, 0.3) is 0 Å². The van der Waals surface area contributed by atoms with Gasteiger partial charge in [-0.1, -0.05) is 272 Å². The zero-order chi connectivity index (χ0) is 45.6. The lowest BCUT2D eigenvalue weighted by atomic mass is 10.0. The van der Waals surface area contributed by atoms with Gasteiger partial charge in [-0.05, 0) is 70.6 Å². The van der Waals surface area contributed by atoms with Crippen LogP contribution in [-0.2, 0) is 4.79 Å². The molecule has 1 amide bonds. The molecule has 364 valence electrons. The third-order valence-electron chi connectivity index (χ3n) is 12.1. The number of unbranched alkanes of at least 4 members (excludes halogenated alkanes) is 30. The number of hydrogen-bond acceptors (Lipinski definition) is 3. The summed E-state index contributed by atoms with van der Waals surface area (Å²) in [5.74, 6) is -0.0673. The molecule has 0 aliphatic carbocycles. The molecule has 63 heavy (non-hydrogen) atoms. The summed E-state index contributed by atoms with van der Waals surface area (Å²) in [5, 5.41) is 23.2. The number of carbonyl (C=O) groups excluding carboxylic acids is 1. The molecule has 0 aliphatic heterocycles. The van der Waals surface area contributed by atoms with Crippen LogP contribution in [0.1, 0.15) is 264 Å². The van der Waals surface area contributed by atoms with E-state index in [1.165, 1.54) is 180 Å². The number of allylic oxidation sites excluding steroid dienone is 13. The minimum Gasteiger partial charge on any atom is -0.394 e. The van der Waals surface area contributed by atoms with Crippen molar-refractivity contribution in [3.05, 3.63) is 85.1 Å². The monoisotopic (exact) mass is 876 g/mol. The van der Waals surface area contributed by atoms with Crippen LogP contribution in [-0.4, -0.2) is 34.9 Å². The molecule has 0 aromatic carbocycles. The summed E-state index contributed by atoms with van der Waals surface area (Å²) in [7, 11) is 0. The van der Waals surface area contributed by atoms with Crippen LogP contribution in [0.5, 0.6) is 0 Å². The second-order valence-corrected chi connectivity index (χ2v) is 18.3. The van der Waals surface area contributed by atoms with Gasteiger partial charge in [0, 0.05) is 6.42 Å². The number of carbonyl (C=O) groups is 1. The Morgan fingerprint density at radius 2 is 0.698 bits per heavy atom. The average molecular weight is 876 g/mol. The van der Waals surface area contributed by atoms with Gasteiger partial charge in [-0.25, -0.2) is 0 Å². The van der Waals surface area contributed by atoms with E-state index in [0.29, 0.717) is 6.42 Å². The van der Waals surface area contributed by atoms with Crippen molar-refractivity contribution in [3.8, 4) is 0 Å². The first-order valence-electron chi connectivity index (χ1n) is 27.3. The first-order chi connectivity index (χ1) is 31.2. The van der Waals surface area contributed by atoms with Crippen LogP contribution in [0.3, 0.4) is 0 Å². The molecular formula is C59H105NO3. The van der Waals surface area contributed by atoms with Crippen LogP contribution in [0.4, 0.5) is 0 Å². The fourth-order valence-corrected chi connectivity index (χ4v) is 8.01. The van der Waals surface area contributed by atoms with E-state index in [1.807, 2.05) is 6.08 Å². The van der Waals surface area contributed by atoms with Gasteiger partial charge in [0.25, 0.3) is 0 Å². The van der Waals surface area contributed by atoms with Crippen molar-refractivity contribution in [2.75, 3.05) is 6.61 Å². The van der Waals surface area contributed by atoms with Crippen molar-refractivity contribution >= 4 is 5.91 Å². The van der Waals surface area contributed by atoms with Crippen LogP contribution < -0.4 is 5.32 Å². The molecule has 0 saturated carbocycles. The number of aliphatic hydroxyl groups is 2. The first-order valence-corrected chi connectivity index (χ1v) is 27.3. The molecule has 3 N–H and O–H groups in total. The Bertz CT molecular complexity index is 1130.